The molecule has 0 aromatic heterocycles. The zero-order valence-electron chi connectivity index (χ0n) is 11.5. The van der Waals surface area contributed by atoms with E-state index in [1.165, 1.54) is 12.1 Å². The number of rotatable bonds is 3. The standard InChI is InChI=1S/C16H13F3N2O/c17-16(18,19)22-13-8-6-12(7-9-13)15-14(10-20-21-15)11-4-2-1-3-5-11/h1-9,14,20H,10H2. The van der Waals surface area contributed by atoms with Crippen LogP contribution in [0.25, 0.3) is 0 Å². The molecule has 1 heterocycles. The molecule has 1 atom stereocenters. The molecule has 1 aliphatic heterocycles. The van der Waals surface area contributed by atoms with Crippen LogP contribution in [0.5, 0.6) is 5.75 Å². The van der Waals surface area contributed by atoms with Crippen molar-refractivity contribution in [3.63, 3.8) is 0 Å². The number of nitrogens with zero attached hydrogens (tertiary/aromatic N) is 1. The van der Waals surface area contributed by atoms with Crippen LogP contribution in [-0.4, -0.2) is 18.6 Å². The van der Waals surface area contributed by atoms with E-state index in [4.69, 9.17) is 0 Å². The predicted octanol–water partition coefficient (Wildman–Crippen LogP) is 3.68. The highest BCUT2D eigenvalue weighted by Gasteiger charge is 2.31. The van der Waals surface area contributed by atoms with Gasteiger partial charge in [0.1, 0.15) is 5.75 Å². The van der Waals surface area contributed by atoms with Gasteiger partial charge in [-0.25, -0.2) is 0 Å². The maximum atomic E-state index is 12.2. The maximum absolute atomic E-state index is 12.2. The monoisotopic (exact) mass is 306 g/mol. The van der Waals surface area contributed by atoms with E-state index >= 15 is 0 Å². The second-order valence-electron chi connectivity index (χ2n) is 4.89. The minimum Gasteiger partial charge on any atom is -0.406 e. The summed E-state index contributed by atoms with van der Waals surface area (Å²) in [6.45, 7) is 0.667. The van der Waals surface area contributed by atoms with Crippen molar-refractivity contribution in [2.24, 2.45) is 5.10 Å². The molecule has 0 fully saturated rings. The second-order valence-corrected chi connectivity index (χ2v) is 4.89. The third kappa shape index (κ3) is 3.21. The highest BCUT2D eigenvalue weighted by atomic mass is 19.4. The van der Waals surface area contributed by atoms with Crippen LogP contribution in [0.3, 0.4) is 0 Å². The zero-order valence-corrected chi connectivity index (χ0v) is 11.5. The first-order chi connectivity index (χ1) is 10.5. The number of hydrogen-bond acceptors (Lipinski definition) is 3. The minimum absolute atomic E-state index is 0.0792. The fourth-order valence-electron chi connectivity index (χ4n) is 2.45. The van der Waals surface area contributed by atoms with E-state index in [1.54, 1.807) is 12.1 Å². The van der Waals surface area contributed by atoms with E-state index in [9.17, 15) is 13.2 Å². The number of alkyl halides is 3. The molecular weight excluding hydrogens is 293 g/mol. The molecule has 3 rings (SSSR count). The summed E-state index contributed by atoms with van der Waals surface area (Å²) in [5, 5.41) is 4.27. The van der Waals surface area contributed by atoms with Gasteiger partial charge in [0.25, 0.3) is 0 Å². The molecule has 0 saturated carbocycles. The molecule has 3 nitrogen and oxygen atoms in total. The van der Waals surface area contributed by atoms with Crippen LogP contribution in [0.2, 0.25) is 0 Å². The Morgan fingerprint density at radius 3 is 2.32 bits per heavy atom. The first kappa shape index (κ1) is 14.4. The van der Waals surface area contributed by atoms with Gasteiger partial charge in [0, 0.05) is 12.5 Å². The Labute approximate surface area is 125 Å². The number of halogens is 3. The summed E-state index contributed by atoms with van der Waals surface area (Å²) in [7, 11) is 0. The highest BCUT2D eigenvalue weighted by molar-refractivity contribution is 6.06. The van der Waals surface area contributed by atoms with E-state index in [2.05, 4.69) is 15.3 Å². The Hall–Kier alpha value is -2.50. The topological polar surface area (TPSA) is 33.6 Å². The molecule has 1 unspecified atom stereocenters. The Morgan fingerprint density at radius 1 is 1.00 bits per heavy atom. The average Bonchev–Trinajstić information content (AvgIpc) is 2.97. The second kappa shape index (κ2) is 5.71. The lowest BCUT2D eigenvalue weighted by Crippen LogP contribution is -2.17. The number of nitrogens with one attached hydrogen (secondary N) is 1. The molecule has 6 heteroatoms. The summed E-state index contributed by atoms with van der Waals surface area (Å²) in [6.07, 6.45) is -4.68. The number of hydrazone groups is 1. The predicted molar refractivity (Wildman–Crippen MR) is 76.8 cm³/mol. The quantitative estimate of drug-likeness (QED) is 0.938. The molecule has 0 spiro atoms. The van der Waals surface area contributed by atoms with Gasteiger partial charge in [-0.2, -0.15) is 5.10 Å². The van der Waals surface area contributed by atoms with Crippen LogP contribution < -0.4 is 10.2 Å². The molecule has 2 aromatic rings. The van der Waals surface area contributed by atoms with Crippen LogP contribution in [0, 0.1) is 0 Å². The molecule has 0 aliphatic carbocycles. The van der Waals surface area contributed by atoms with Crippen molar-refractivity contribution in [2.75, 3.05) is 6.54 Å². The number of ether oxygens (including phenoxy) is 1. The average molecular weight is 306 g/mol. The lowest BCUT2D eigenvalue weighted by atomic mass is 9.91. The van der Waals surface area contributed by atoms with Crippen LogP contribution >= 0.6 is 0 Å². The van der Waals surface area contributed by atoms with E-state index in [-0.39, 0.29) is 11.7 Å². The van der Waals surface area contributed by atoms with Gasteiger partial charge in [0.15, 0.2) is 0 Å². The van der Waals surface area contributed by atoms with Gasteiger partial charge in [0.05, 0.1) is 5.71 Å². The van der Waals surface area contributed by atoms with Gasteiger partial charge in [-0.1, -0.05) is 30.3 Å². The summed E-state index contributed by atoms with van der Waals surface area (Å²) in [5.41, 5.74) is 5.64. The van der Waals surface area contributed by atoms with Crippen molar-refractivity contribution >= 4 is 5.71 Å². The SMILES string of the molecule is FC(F)(F)Oc1ccc(C2=NNCC2c2ccccc2)cc1. The molecular formula is C16H13F3N2O. The molecule has 0 amide bonds. The summed E-state index contributed by atoms with van der Waals surface area (Å²) < 4.78 is 40.4. The van der Waals surface area contributed by atoms with Crippen LogP contribution in [0.15, 0.2) is 59.7 Å². The molecule has 0 radical (unpaired) electrons. The Bertz CT molecular complexity index is 666. The van der Waals surface area contributed by atoms with E-state index in [0.717, 1.165) is 16.8 Å². The molecule has 1 aliphatic rings. The van der Waals surface area contributed by atoms with Crippen molar-refractivity contribution in [3.05, 3.63) is 65.7 Å². The summed E-state index contributed by atoms with van der Waals surface area (Å²) in [5.74, 6) is -0.158. The molecule has 114 valence electrons. The van der Waals surface area contributed by atoms with Crippen molar-refractivity contribution in [2.45, 2.75) is 12.3 Å². The Kier molecular flexibility index (Phi) is 3.75. The first-order valence-electron chi connectivity index (χ1n) is 6.74. The Morgan fingerprint density at radius 2 is 1.68 bits per heavy atom. The van der Waals surface area contributed by atoms with Gasteiger partial charge < -0.3 is 10.2 Å². The van der Waals surface area contributed by atoms with Gasteiger partial charge in [-0.15, -0.1) is 13.2 Å². The van der Waals surface area contributed by atoms with Crippen molar-refractivity contribution in [1.29, 1.82) is 0 Å². The zero-order chi connectivity index (χ0) is 15.6. The number of hydrogen-bond donors (Lipinski definition) is 1. The lowest BCUT2D eigenvalue weighted by molar-refractivity contribution is -0.274. The molecule has 22 heavy (non-hydrogen) atoms. The fraction of sp³-hybridized carbons (Fsp3) is 0.188. The van der Waals surface area contributed by atoms with Gasteiger partial charge in [-0.05, 0) is 35.4 Å². The van der Waals surface area contributed by atoms with Crippen molar-refractivity contribution in [3.8, 4) is 5.75 Å². The highest BCUT2D eigenvalue weighted by Crippen LogP contribution is 2.27. The summed E-state index contributed by atoms with van der Waals surface area (Å²) in [4.78, 5) is 0. The van der Waals surface area contributed by atoms with E-state index in [0.29, 0.717) is 6.54 Å². The van der Waals surface area contributed by atoms with E-state index in [1.807, 2.05) is 30.3 Å². The third-order valence-corrected chi connectivity index (χ3v) is 3.41. The maximum Gasteiger partial charge on any atom is 0.573 e. The third-order valence-electron chi connectivity index (χ3n) is 3.41. The van der Waals surface area contributed by atoms with Crippen LogP contribution in [0.4, 0.5) is 13.2 Å². The first-order valence-corrected chi connectivity index (χ1v) is 6.74. The minimum atomic E-state index is -4.68. The summed E-state index contributed by atoms with van der Waals surface area (Å²) in [6, 6.07) is 15.6. The van der Waals surface area contributed by atoms with E-state index < -0.39 is 6.36 Å². The molecule has 0 saturated heterocycles. The molecule has 0 bridgehead atoms. The molecule has 1 N–H and O–H groups in total. The van der Waals surface area contributed by atoms with Gasteiger partial charge >= 0.3 is 6.36 Å². The van der Waals surface area contributed by atoms with Gasteiger partial charge in [0.2, 0.25) is 0 Å². The van der Waals surface area contributed by atoms with Gasteiger partial charge in [-0.3, -0.25) is 0 Å². The normalized spacial score (nSPS) is 17.8. The lowest BCUT2D eigenvalue weighted by Gasteiger charge is -2.13. The van der Waals surface area contributed by atoms with Crippen LogP contribution in [-0.2, 0) is 0 Å². The largest absolute Gasteiger partial charge is 0.573 e. The van der Waals surface area contributed by atoms with Crippen molar-refractivity contribution in [1.82, 2.24) is 5.43 Å². The molecule has 2 aromatic carbocycles. The smallest absolute Gasteiger partial charge is 0.406 e. The van der Waals surface area contributed by atoms with Crippen molar-refractivity contribution < 1.29 is 17.9 Å². The Balaban J connectivity index is 1.81. The fourth-order valence-corrected chi connectivity index (χ4v) is 2.45. The van der Waals surface area contributed by atoms with Crippen LogP contribution in [0.1, 0.15) is 17.0 Å². The number of benzene rings is 2. The summed E-state index contributed by atoms with van der Waals surface area (Å²) >= 11 is 0.